The van der Waals surface area contributed by atoms with E-state index in [1.807, 2.05) is 6.92 Å². The highest BCUT2D eigenvalue weighted by Crippen LogP contribution is 2.05. The maximum atomic E-state index is 11.6. The fourth-order valence-corrected chi connectivity index (χ4v) is 1.61. The van der Waals surface area contributed by atoms with E-state index in [1.165, 1.54) is 11.8 Å². The lowest BCUT2D eigenvalue weighted by molar-refractivity contribution is -0.138. The van der Waals surface area contributed by atoms with Gasteiger partial charge in [-0.25, -0.2) is 0 Å². The summed E-state index contributed by atoms with van der Waals surface area (Å²) in [6.07, 6.45) is 0.312. The first-order valence-corrected chi connectivity index (χ1v) is 5.09. The predicted molar refractivity (Wildman–Crippen MR) is 54.1 cm³/mol. The van der Waals surface area contributed by atoms with Crippen molar-refractivity contribution in [3.63, 3.8) is 0 Å². The molecule has 1 rings (SSSR count). The van der Waals surface area contributed by atoms with Crippen molar-refractivity contribution in [2.45, 2.75) is 20.3 Å². The van der Waals surface area contributed by atoms with Crippen LogP contribution in [0.1, 0.15) is 20.3 Å². The molecule has 1 aliphatic rings. The maximum Gasteiger partial charge on any atom is 0.242 e. The lowest BCUT2D eigenvalue weighted by atomic mass is 10.3. The summed E-state index contributed by atoms with van der Waals surface area (Å²) < 4.78 is 0. The standard InChI is InChI=1S/C10H16N2O3/c1-3-11-5-4-9(14)12(6-8(2)13)7-10(11)15/h3-7H2,1-2H3. The van der Waals surface area contributed by atoms with Gasteiger partial charge in [-0.3, -0.25) is 14.4 Å². The van der Waals surface area contributed by atoms with Crippen molar-refractivity contribution in [3.8, 4) is 0 Å². The molecule has 0 N–H and O–H groups in total. The van der Waals surface area contributed by atoms with Crippen LogP contribution in [0.2, 0.25) is 0 Å². The van der Waals surface area contributed by atoms with Crippen molar-refractivity contribution < 1.29 is 14.4 Å². The number of carbonyl (C=O) groups is 3. The normalized spacial score (nSPS) is 18.0. The summed E-state index contributed by atoms with van der Waals surface area (Å²) in [5.74, 6) is -0.291. The van der Waals surface area contributed by atoms with E-state index in [0.29, 0.717) is 19.5 Å². The second-order valence-electron chi connectivity index (χ2n) is 3.68. The molecule has 2 amide bonds. The van der Waals surface area contributed by atoms with Gasteiger partial charge in [0.05, 0.1) is 6.54 Å². The van der Waals surface area contributed by atoms with Crippen molar-refractivity contribution in [2.24, 2.45) is 0 Å². The summed E-state index contributed by atoms with van der Waals surface area (Å²) in [6.45, 7) is 4.44. The summed E-state index contributed by atoms with van der Waals surface area (Å²) >= 11 is 0. The minimum absolute atomic E-state index is 0.0340. The number of carbonyl (C=O) groups excluding carboxylic acids is 3. The Labute approximate surface area is 89.0 Å². The maximum absolute atomic E-state index is 11.6. The van der Waals surface area contributed by atoms with Crippen molar-refractivity contribution in [1.82, 2.24) is 9.80 Å². The van der Waals surface area contributed by atoms with Crippen LogP contribution in [0.5, 0.6) is 0 Å². The Morgan fingerprint density at radius 2 is 1.93 bits per heavy atom. The van der Waals surface area contributed by atoms with Crippen LogP contribution in [0, 0.1) is 0 Å². The fraction of sp³-hybridized carbons (Fsp3) is 0.700. The first-order chi connectivity index (χ1) is 7.04. The van der Waals surface area contributed by atoms with Crippen LogP contribution in [0.4, 0.5) is 0 Å². The highest BCUT2D eigenvalue weighted by Gasteiger charge is 2.25. The Bertz CT molecular complexity index is 288. The smallest absolute Gasteiger partial charge is 0.242 e. The molecule has 15 heavy (non-hydrogen) atoms. The monoisotopic (exact) mass is 212 g/mol. The van der Waals surface area contributed by atoms with E-state index in [2.05, 4.69) is 0 Å². The number of rotatable bonds is 3. The summed E-state index contributed by atoms with van der Waals surface area (Å²) in [6, 6.07) is 0. The minimum atomic E-state index is -0.116. The number of hydrogen-bond acceptors (Lipinski definition) is 3. The second kappa shape index (κ2) is 4.91. The van der Waals surface area contributed by atoms with Gasteiger partial charge in [-0.1, -0.05) is 0 Å². The zero-order valence-corrected chi connectivity index (χ0v) is 9.15. The third-order valence-electron chi connectivity index (χ3n) is 2.42. The fourth-order valence-electron chi connectivity index (χ4n) is 1.61. The number of amides is 2. The molecule has 5 heteroatoms. The van der Waals surface area contributed by atoms with Crippen LogP contribution in [0.3, 0.4) is 0 Å². The van der Waals surface area contributed by atoms with E-state index in [-0.39, 0.29) is 30.7 Å². The van der Waals surface area contributed by atoms with Crippen molar-refractivity contribution >= 4 is 17.6 Å². The van der Waals surface area contributed by atoms with Crippen LogP contribution in [0.15, 0.2) is 0 Å². The molecule has 0 unspecified atom stereocenters. The summed E-state index contributed by atoms with van der Waals surface area (Å²) in [5.41, 5.74) is 0. The third-order valence-corrected chi connectivity index (χ3v) is 2.42. The topological polar surface area (TPSA) is 57.7 Å². The van der Waals surface area contributed by atoms with E-state index in [4.69, 9.17) is 0 Å². The molecule has 5 nitrogen and oxygen atoms in total. The molecule has 1 heterocycles. The van der Waals surface area contributed by atoms with Crippen LogP contribution in [-0.4, -0.2) is 53.6 Å². The first kappa shape index (κ1) is 11.7. The zero-order chi connectivity index (χ0) is 11.4. The molecule has 0 saturated carbocycles. The first-order valence-electron chi connectivity index (χ1n) is 5.09. The molecule has 0 spiro atoms. The summed E-state index contributed by atoms with van der Waals surface area (Å²) in [4.78, 5) is 37.0. The van der Waals surface area contributed by atoms with Gasteiger partial charge in [-0.15, -0.1) is 0 Å². The molecule has 0 atom stereocenters. The number of ketones is 1. The average Bonchev–Trinajstić information content (AvgIpc) is 2.27. The highest BCUT2D eigenvalue weighted by atomic mass is 16.2. The molecule has 1 aliphatic heterocycles. The number of Topliss-reactive ketones (excluding diaryl/α,β-unsaturated/α-hetero) is 1. The summed E-state index contributed by atoms with van der Waals surface area (Å²) in [7, 11) is 0. The molecule has 0 radical (unpaired) electrons. The quantitative estimate of drug-likeness (QED) is 0.643. The van der Waals surface area contributed by atoms with Gasteiger partial charge in [0.1, 0.15) is 12.3 Å². The van der Waals surface area contributed by atoms with Gasteiger partial charge in [0, 0.05) is 19.5 Å². The second-order valence-corrected chi connectivity index (χ2v) is 3.68. The Balaban J connectivity index is 2.69. The van der Waals surface area contributed by atoms with E-state index in [9.17, 15) is 14.4 Å². The molecule has 0 aromatic heterocycles. The molecule has 0 aliphatic carbocycles. The molecular weight excluding hydrogens is 196 g/mol. The van der Waals surface area contributed by atoms with Gasteiger partial charge in [0.25, 0.3) is 0 Å². The highest BCUT2D eigenvalue weighted by molar-refractivity contribution is 5.90. The molecule has 0 aromatic rings. The Morgan fingerprint density at radius 3 is 2.47 bits per heavy atom. The molecule has 1 fully saturated rings. The van der Waals surface area contributed by atoms with Crippen LogP contribution in [0.25, 0.3) is 0 Å². The molecular formula is C10H16N2O3. The van der Waals surface area contributed by atoms with Gasteiger partial charge in [-0.2, -0.15) is 0 Å². The van der Waals surface area contributed by atoms with Gasteiger partial charge in [0.15, 0.2) is 0 Å². The molecule has 1 saturated heterocycles. The van der Waals surface area contributed by atoms with Gasteiger partial charge in [-0.05, 0) is 13.8 Å². The molecule has 0 bridgehead atoms. The van der Waals surface area contributed by atoms with Crippen LogP contribution in [-0.2, 0) is 14.4 Å². The SMILES string of the molecule is CCN1CCC(=O)N(CC(C)=O)CC1=O. The largest absolute Gasteiger partial charge is 0.341 e. The van der Waals surface area contributed by atoms with E-state index >= 15 is 0 Å². The zero-order valence-electron chi connectivity index (χ0n) is 9.15. The number of likely N-dealkylation sites (N-methyl/N-ethyl adjacent to an activating group) is 1. The van der Waals surface area contributed by atoms with E-state index < -0.39 is 0 Å². The number of hydrogen-bond donors (Lipinski definition) is 0. The predicted octanol–water partition coefficient (Wildman–Crippen LogP) is -0.344. The van der Waals surface area contributed by atoms with E-state index in [0.717, 1.165) is 0 Å². The van der Waals surface area contributed by atoms with Gasteiger partial charge in [0.2, 0.25) is 11.8 Å². The third kappa shape index (κ3) is 3.04. The average molecular weight is 212 g/mol. The minimum Gasteiger partial charge on any atom is -0.341 e. The number of nitrogens with zero attached hydrogens (tertiary/aromatic N) is 2. The lowest BCUT2D eigenvalue weighted by Gasteiger charge is -2.19. The van der Waals surface area contributed by atoms with Crippen molar-refractivity contribution in [1.29, 1.82) is 0 Å². The Hall–Kier alpha value is -1.39. The Morgan fingerprint density at radius 1 is 1.27 bits per heavy atom. The van der Waals surface area contributed by atoms with Crippen LogP contribution < -0.4 is 0 Å². The Kier molecular flexibility index (Phi) is 3.82. The van der Waals surface area contributed by atoms with Crippen molar-refractivity contribution in [2.75, 3.05) is 26.2 Å². The lowest BCUT2D eigenvalue weighted by Crippen LogP contribution is -2.39. The van der Waals surface area contributed by atoms with Gasteiger partial charge >= 0.3 is 0 Å². The van der Waals surface area contributed by atoms with E-state index in [1.54, 1.807) is 4.90 Å². The van der Waals surface area contributed by atoms with Gasteiger partial charge < -0.3 is 9.80 Å². The van der Waals surface area contributed by atoms with Crippen LogP contribution >= 0.6 is 0 Å². The van der Waals surface area contributed by atoms with Crippen molar-refractivity contribution in [3.05, 3.63) is 0 Å². The summed E-state index contributed by atoms with van der Waals surface area (Å²) in [5, 5.41) is 0. The molecule has 0 aromatic carbocycles. The molecule has 84 valence electrons.